The molecule has 0 radical (unpaired) electrons. The Labute approximate surface area is 166 Å². The number of anilines is 1. The molecular weight excluding hydrogens is 427 g/mol. The number of aromatic nitrogens is 2. The first kappa shape index (κ1) is 19.6. The van der Waals surface area contributed by atoms with E-state index in [0.717, 1.165) is 45.1 Å². The molecule has 0 atom stereocenters. The summed E-state index contributed by atoms with van der Waals surface area (Å²) in [6.07, 6.45) is 4.93. The van der Waals surface area contributed by atoms with E-state index in [4.69, 9.17) is 0 Å². The summed E-state index contributed by atoms with van der Waals surface area (Å²) in [5.41, 5.74) is 2.55. The van der Waals surface area contributed by atoms with Gasteiger partial charge in [0.1, 0.15) is 0 Å². The SMILES string of the molecule is CN=C(NCCc1cnn(C)c1)N1CCN(c2ccccc2)CC1.I. The molecule has 3 rings (SSSR count). The van der Waals surface area contributed by atoms with Gasteiger partial charge in [-0.05, 0) is 24.1 Å². The van der Waals surface area contributed by atoms with E-state index in [1.807, 2.05) is 25.0 Å². The van der Waals surface area contributed by atoms with Crippen molar-refractivity contribution in [3.63, 3.8) is 0 Å². The van der Waals surface area contributed by atoms with Gasteiger partial charge in [-0.1, -0.05) is 18.2 Å². The molecule has 0 bridgehead atoms. The molecule has 6 nitrogen and oxygen atoms in total. The number of aliphatic imine (C=N–C) groups is 1. The Hall–Kier alpha value is -1.77. The Morgan fingerprint density at radius 1 is 1.16 bits per heavy atom. The first-order valence-corrected chi connectivity index (χ1v) is 8.49. The number of halogens is 1. The van der Waals surface area contributed by atoms with Crippen molar-refractivity contribution in [3.05, 3.63) is 48.3 Å². The van der Waals surface area contributed by atoms with Crippen LogP contribution in [0.15, 0.2) is 47.7 Å². The topological polar surface area (TPSA) is 48.7 Å². The third-order valence-electron chi connectivity index (χ3n) is 4.37. The molecule has 1 aliphatic rings. The fraction of sp³-hybridized carbons (Fsp3) is 0.444. The number of nitrogens with one attached hydrogen (secondary N) is 1. The average Bonchev–Trinajstić information content (AvgIpc) is 3.05. The van der Waals surface area contributed by atoms with Crippen LogP contribution in [0, 0.1) is 0 Å². The van der Waals surface area contributed by atoms with E-state index in [1.54, 1.807) is 0 Å². The van der Waals surface area contributed by atoms with E-state index in [2.05, 4.69) is 61.7 Å². The van der Waals surface area contributed by atoms with Gasteiger partial charge in [0.15, 0.2) is 5.96 Å². The molecule has 2 aromatic rings. The fourth-order valence-electron chi connectivity index (χ4n) is 3.07. The lowest BCUT2D eigenvalue weighted by Crippen LogP contribution is -2.52. The lowest BCUT2D eigenvalue weighted by Gasteiger charge is -2.37. The van der Waals surface area contributed by atoms with E-state index in [1.165, 1.54) is 11.3 Å². The van der Waals surface area contributed by atoms with Crippen LogP contribution >= 0.6 is 24.0 Å². The summed E-state index contributed by atoms with van der Waals surface area (Å²) in [5.74, 6) is 0.992. The van der Waals surface area contributed by atoms with E-state index >= 15 is 0 Å². The minimum absolute atomic E-state index is 0. The number of piperazine rings is 1. The summed E-state index contributed by atoms with van der Waals surface area (Å²) in [6, 6.07) is 10.6. The number of aryl methyl sites for hydroxylation is 1. The van der Waals surface area contributed by atoms with Crippen LogP contribution in [0.25, 0.3) is 0 Å². The normalized spacial score (nSPS) is 15.0. The van der Waals surface area contributed by atoms with Crippen molar-refractivity contribution in [3.8, 4) is 0 Å². The number of hydrogen-bond donors (Lipinski definition) is 1. The van der Waals surface area contributed by atoms with Crippen molar-refractivity contribution >= 4 is 35.6 Å². The third-order valence-corrected chi connectivity index (χ3v) is 4.37. The molecule has 1 aromatic carbocycles. The second kappa shape index (κ2) is 9.65. The molecule has 0 spiro atoms. The van der Waals surface area contributed by atoms with Gasteiger partial charge in [-0.25, -0.2) is 0 Å². The number of hydrogen-bond acceptors (Lipinski definition) is 3. The Bertz CT molecular complexity index is 661. The number of rotatable bonds is 4. The standard InChI is InChI=1S/C18H26N6.HI/c1-19-18(20-9-8-16-14-21-22(2)15-16)24-12-10-23(11-13-24)17-6-4-3-5-7-17;/h3-7,14-15H,8-13H2,1-2H3,(H,19,20);1H. The predicted molar refractivity (Wildman–Crippen MR) is 114 cm³/mol. The van der Waals surface area contributed by atoms with E-state index in [0.29, 0.717) is 0 Å². The van der Waals surface area contributed by atoms with Crippen LogP contribution < -0.4 is 10.2 Å². The molecule has 1 N–H and O–H groups in total. The highest BCUT2D eigenvalue weighted by Gasteiger charge is 2.19. The van der Waals surface area contributed by atoms with Crippen LogP contribution in [0.4, 0.5) is 5.69 Å². The lowest BCUT2D eigenvalue weighted by molar-refractivity contribution is 0.373. The lowest BCUT2D eigenvalue weighted by atomic mass is 10.2. The van der Waals surface area contributed by atoms with Gasteiger partial charge >= 0.3 is 0 Å². The first-order valence-electron chi connectivity index (χ1n) is 8.49. The van der Waals surface area contributed by atoms with Gasteiger partial charge < -0.3 is 15.1 Å². The monoisotopic (exact) mass is 454 g/mol. The van der Waals surface area contributed by atoms with E-state index in [-0.39, 0.29) is 24.0 Å². The second-order valence-corrected chi connectivity index (χ2v) is 6.06. The Morgan fingerprint density at radius 2 is 1.88 bits per heavy atom. The summed E-state index contributed by atoms with van der Waals surface area (Å²) in [5, 5.41) is 7.68. The molecule has 1 saturated heterocycles. The summed E-state index contributed by atoms with van der Waals surface area (Å²) in [7, 11) is 3.80. The Balaban J connectivity index is 0.00000225. The molecule has 0 amide bonds. The van der Waals surface area contributed by atoms with Crippen molar-refractivity contribution in [2.45, 2.75) is 6.42 Å². The van der Waals surface area contributed by atoms with E-state index < -0.39 is 0 Å². The largest absolute Gasteiger partial charge is 0.368 e. The predicted octanol–water partition coefficient (Wildman–Crippen LogP) is 1.98. The number of guanidine groups is 1. The number of para-hydroxylation sites is 1. The van der Waals surface area contributed by atoms with Crippen LogP contribution in [0.1, 0.15) is 5.56 Å². The fourth-order valence-corrected chi connectivity index (χ4v) is 3.07. The molecule has 25 heavy (non-hydrogen) atoms. The van der Waals surface area contributed by atoms with Crippen LogP contribution in [0.2, 0.25) is 0 Å². The number of nitrogens with zero attached hydrogens (tertiary/aromatic N) is 5. The zero-order valence-corrected chi connectivity index (χ0v) is 17.3. The summed E-state index contributed by atoms with van der Waals surface area (Å²) in [6.45, 7) is 4.89. The molecule has 1 fully saturated rings. The highest BCUT2D eigenvalue weighted by Crippen LogP contribution is 2.15. The van der Waals surface area contributed by atoms with Crippen LogP contribution in [0.5, 0.6) is 0 Å². The van der Waals surface area contributed by atoms with Crippen LogP contribution in [0.3, 0.4) is 0 Å². The molecule has 0 saturated carbocycles. The first-order chi connectivity index (χ1) is 11.8. The van der Waals surface area contributed by atoms with Crippen molar-refractivity contribution in [1.29, 1.82) is 0 Å². The Morgan fingerprint density at radius 3 is 2.48 bits per heavy atom. The van der Waals surface area contributed by atoms with Crippen LogP contribution in [-0.4, -0.2) is 60.4 Å². The summed E-state index contributed by atoms with van der Waals surface area (Å²) < 4.78 is 1.84. The molecule has 1 aliphatic heterocycles. The third kappa shape index (κ3) is 5.35. The van der Waals surface area contributed by atoms with Gasteiger partial charge in [-0.2, -0.15) is 5.10 Å². The highest BCUT2D eigenvalue weighted by molar-refractivity contribution is 14.0. The second-order valence-electron chi connectivity index (χ2n) is 6.06. The summed E-state index contributed by atoms with van der Waals surface area (Å²) in [4.78, 5) is 9.20. The van der Waals surface area contributed by atoms with Crippen molar-refractivity contribution in [2.24, 2.45) is 12.0 Å². The maximum Gasteiger partial charge on any atom is 0.193 e. The average molecular weight is 454 g/mol. The van der Waals surface area contributed by atoms with Gasteiger partial charge in [0.25, 0.3) is 0 Å². The minimum atomic E-state index is 0. The van der Waals surface area contributed by atoms with Crippen molar-refractivity contribution in [1.82, 2.24) is 20.0 Å². The maximum absolute atomic E-state index is 4.44. The maximum atomic E-state index is 4.44. The van der Waals surface area contributed by atoms with Gasteiger partial charge in [-0.15, -0.1) is 24.0 Å². The quantitative estimate of drug-likeness (QED) is 0.436. The van der Waals surface area contributed by atoms with Crippen molar-refractivity contribution in [2.75, 3.05) is 44.7 Å². The molecule has 0 unspecified atom stereocenters. The van der Waals surface area contributed by atoms with Gasteiger partial charge in [0.2, 0.25) is 0 Å². The number of benzene rings is 1. The zero-order chi connectivity index (χ0) is 16.8. The molecule has 7 heteroatoms. The zero-order valence-electron chi connectivity index (χ0n) is 14.9. The highest BCUT2D eigenvalue weighted by atomic mass is 127. The van der Waals surface area contributed by atoms with Gasteiger partial charge in [-0.3, -0.25) is 9.67 Å². The molecule has 136 valence electrons. The molecule has 1 aromatic heterocycles. The smallest absolute Gasteiger partial charge is 0.193 e. The minimum Gasteiger partial charge on any atom is -0.368 e. The van der Waals surface area contributed by atoms with Gasteiger partial charge in [0.05, 0.1) is 6.20 Å². The van der Waals surface area contributed by atoms with E-state index in [9.17, 15) is 0 Å². The molecule has 0 aliphatic carbocycles. The van der Waals surface area contributed by atoms with Crippen molar-refractivity contribution < 1.29 is 0 Å². The van der Waals surface area contributed by atoms with Crippen LogP contribution in [-0.2, 0) is 13.5 Å². The molecule has 2 heterocycles. The van der Waals surface area contributed by atoms with Gasteiger partial charge in [0, 0.05) is 58.7 Å². The Kier molecular flexibility index (Phi) is 7.54. The molecular formula is C18H27IN6. The summed E-state index contributed by atoms with van der Waals surface area (Å²) >= 11 is 0.